The van der Waals surface area contributed by atoms with E-state index >= 15 is 0 Å². The van der Waals surface area contributed by atoms with Crippen LogP contribution < -0.4 is 0 Å². The lowest BCUT2D eigenvalue weighted by atomic mass is 10.2. The van der Waals surface area contributed by atoms with Crippen molar-refractivity contribution in [3.05, 3.63) is 47.9 Å². The van der Waals surface area contributed by atoms with Gasteiger partial charge in [-0.1, -0.05) is 18.7 Å². The molecule has 1 atom stereocenters. The molecule has 1 aromatic carbocycles. The minimum Gasteiger partial charge on any atom is -0.443 e. The zero-order chi connectivity index (χ0) is 16.3. The maximum absolute atomic E-state index is 12.8. The Bertz CT molecular complexity index is 548. The standard InChI is InChI=1S/C17H22FNO3/c1-12-9-15(10-19(12)16(20)22-17(2,3)4)21-11-13-5-7-14(18)8-6-13/h5-8,15H,1,9-11H2,2-4H3/t15-/m0/s1. The van der Waals surface area contributed by atoms with Crippen LogP contribution in [0, 0.1) is 5.82 Å². The molecule has 1 saturated heterocycles. The molecule has 0 unspecified atom stereocenters. The topological polar surface area (TPSA) is 38.8 Å². The number of amides is 1. The molecule has 4 nitrogen and oxygen atoms in total. The lowest BCUT2D eigenvalue weighted by Gasteiger charge is -2.24. The van der Waals surface area contributed by atoms with Crippen molar-refractivity contribution in [3.63, 3.8) is 0 Å². The first-order valence-electron chi connectivity index (χ1n) is 7.29. The van der Waals surface area contributed by atoms with Crippen LogP contribution in [0.1, 0.15) is 32.8 Å². The van der Waals surface area contributed by atoms with E-state index < -0.39 is 11.7 Å². The lowest BCUT2D eigenvalue weighted by molar-refractivity contribution is 0.0203. The highest BCUT2D eigenvalue weighted by Crippen LogP contribution is 2.25. The quantitative estimate of drug-likeness (QED) is 0.851. The monoisotopic (exact) mass is 307 g/mol. The Kier molecular flexibility index (Phi) is 4.86. The van der Waals surface area contributed by atoms with Gasteiger partial charge in [-0.2, -0.15) is 0 Å². The largest absolute Gasteiger partial charge is 0.443 e. The van der Waals surface area contributed by atoms with Crippen LogP contribution >= 0.6 is 0 Å². The molecule has 1 aromatic rings. The molecule has 2 rings (SSSR count). The lowest BCUT2D eigenvalue weighted by Crippen LogP contribution is -2.35. The molecule has 1 heterocycles. The zero-order valence-electron chi connectivity index (χ0n) is 13.3. The van der Waals surface area contributed by atoms with E-state index in [0.717, 1.165) is 5.56 Å². The number of ether oxygens (including phenoxy) is 2. The minimum atomic E-state index is -0.537. The van der Waals surface area contributed by atoms with Gasteiger partial charge in [-0.05, 0) is 38.5 Å². The molecule has 5 heteroatoms. The Hall–Kier alpha value is -1.88. The van der Waals surface area contributed by atoms with Gasteiger partial charge in [0, 0.05) is 12.1 Å². The van der Waals surface area contributed by atoms with Crippen LogP contribution in [0.5, 0.6) is 0 Å². The van der Waals surface area contributed by atoms with Gasteiger partial charge in [-0.15, -0.1) is 0 Å². The van der Waals surface area contributed by atoms with Gasteiger partial charge in [-0.3, -0.25) is 4.90 Å². The number of hydrogen-bond donors (Lipinski definition) is 0. The number of likely N-dealkylation sites (tertiary alicyclic amines) is 1. The van der Waals surface area contributed by atoms with Gasteiger partial charge in [0.25, 0.3) is 0 Å². The number of nitrogens with zero attached hydrogens (tertiary/aromatic N) is 1. The third kappa shape index (κ3) is 4.56. The summed E-state index contributed by atoms with van der Waals surface area (Å²) in [4.78, 5) is 13.6. The highest BCUT2D eigenvalue weighted by molar-refractivity contribution is 5.71. The molecule has 1 amide bonds. The number of benzene rings is 1. The first-order valence-corrected chi connectivity index (χ1v) is 7.29. The second kappa shape index (κ2) is 6.48. The molecule has 0 bridgehead atoms. The summed E-state index contributed by atoms with van der Waals surface area (Å²) in [5.74, 6) is -0.269. The van der Waals surface area contributed by atoms with Crippen LogP contribution in [0.4, 0.5) is 9.18 Å². The Morgan fingerprint density at radius 1 is 1.36 bits per heavy atom. The van der Waals surface area contributed by atoms with E-state index in [9.17, 15) is 9.18 Å². The zero-order valence-corrected chi connectivity index (χ0v) is 13.3. The van der Waals surface area contributed by atoms with Crippen molar-refractivity contribution in [1.82, 2.24) is 4.90 Å². The SMILES string of the molecule is C=C1C[C@H](OCc2ccc(F)cc2)CN1C(=O)OC(C)(C)C. The summed E-state index contributed by atoms with van der Waals surface area (Å²) in [6, 6.07) is 6.17. The molecule has 0 N–H and O–H groups in total. The van der Waals surface area contributed by atoms with Crippen molar-refractivity contribution < 1.29 is 18.7 Å². The number of rotatable bonds is 3. The van der Waals surface area contributed by atoms with Crippen LogP contribution in [-0.4, -0.2) is 29.2 Å². The molecular formula is C17H22FNO3. The van der Waals surface area contributed by atoms with Gasteiger partial charge >= 0.3 is 6.09 Å². The molecule has 1 aliphatic heterocycles. The van der Waals surface area contributed by atoms with Crippen LogP contribution in [0.25, 0.3) is 0 Å². The average Bonchev–Trinajstić information content (AvgIpc) is 2.77. The Morgan fingerprint density at radius 3 is 2.59 bits per heavy atom. The minimum absolute atomic E-state index is 0.120. The Balaban J connectivity index is 1.86. The van der Waals surface area contributed by atoms with E-state index in [2.05, 4.69) is 6.58 Å². The predicted octanol–water partition coefficient (Wildman–Crippen LogP) is 3.87. The number of carbonyl (C=O) groups is 1. The van der Waals surface area contributed by atoms with E-state index in [1.807, 2.05) is 20.8 Å². The van der Waals surface area contributed by atoms with Gasteiger partial charge in [0.15, 0.2) is 0 Å². The third-order valence-electron chi connectivity index (χ3n) is 3.24. The molecule has 0 radical (unpaired) electrons. The normalized spacial score (nSPS) is 18.6. The first kappa shape index (κ1) is 16.5. The van der Waals surface area contributed by atoms with Gasteiger partial charge in [-0.25, -0.2) is 9.18 Å². The van der Waals surface area contributed by atoms with Crippen molar-refractivity contribution in [3.8, 4) is 0 Å². The third-order valence-corrected chi connectivity index (χ3v) is 3.24. The number of hydrogen-bond acceptors (Lipinski definition) is 3. The van der Waals surface area contributed by atoms with Crippen molar-refractivity contribution >= 4 is 6.09 Å². The molecule has 0 saturated carbocycles. The predicted molar refractivity (Wildman–Crippen MR) is 81.7 cm³/mol. The van der Waals surface area contributed by atoms with E-state index in [0.29, 0.717) is 25.3 Å². The number of carbonyl (C=O) groups excluding carboxylic acids is 1. The maximum Gasteiger partial charge on any atom is 0.414 e. The van der Waals surface area contributed by atoms with Crippen molar-refractivity contribution in [2.45, 2.75) is 45.5 Å². The van der Waals surface area contributed by atoms with Crippen molar-refractivity contribution in [1.29, 1.82) is 0 Å². The van der Waals surface area contributed by atoms with Crippen LogP contribution in [0.3, 0.4) is 0 Å². The summed E-state index contributed by atoms with van der Waals surface area (Å²) < 4.78 is 24.0. The second-order valence-electron chi connectivity index (χ2n) is 6.42. The van der Waals surface area contributed by atoms with Gasteiger partial charge in [0.2, 0.25) is 0 Å². The van der Waals surface area contributed by atoms with E-state index in [1.165, 1.54) is 17.0 Å². The smallest absolute Gasteiger partial charge is 0.414 e. The first-order chi connectivity index (χ1) is 10.2. The summed E-state index contributed by atoms with van der Waals surface area (Å²) in [5, 5.41) is 0. The van der Waals surface area contributed by atoms with E-state index in [-0.39, 0.29) is 11.9 Å². The van der Waals surface area contributed by atoms with Gasteiger partial charge in [0.1, 0.15) is 11.4 Å². The van der Waals surface area contributed by atoms with Gasteiger partial charge < -0.3 is 9.47 Å². The molecule has 0 aliphatic carbocycles. The Labute approximate surface area is 130 Å². The fourth-order valence-corrected chi connectivity index (χ4v) is 2.20. The number of halogens is 1. The van der Waals surface area contributed by atoms with Crippen LogP contribution in [0.2, 0.25) is 0 Å². The van der Waals surface area contributed by atoms with Crippen LogP contribution in [0.15, 0.2) is 36.5 Å². The maximum atomic E-state index is 12.8. The molecule has 0 spiro atoms. The average molecular weight is 307 g/mol. The molecule has 1 fully saturated rings. The molecular weight excluding hydrogens is 285 g/mol. The molecule has 1 aliphatic rings. The highest BCUT2D eigenvalue weighted by Gasteiger charge is 2.33. The fraction of sp³-hybridized carbons (Fsp3) is 0.471. The Morgan fingerprint density at radius 2 is 2.00 bits per heavy atom. The summed E-state index contributed by atoms with van der Waals surface area (Å²) in [7, 11) is 0. The molecule has 0 aromatic heterocycles. The molecule has 22 heavy (non-hydrogen) atoms. The summed E-state index contributed by atoms with van der Waals surface area (Å²) >= 11 is 0. The molecule has 120 valence electrons. The van der Waals surface area contributed by atoms with Gasteiger partial charge in [0.05, 0.1) is 19.3 Å². The summed E-state index contributed by atoms with van der Waals surface area (Å²) in [6.45, 7) is 10.2. The highest BCUT2D eigenvalue weighted by atomic mass is 19.1. The van der Waals surface area contributed by atoms with Crippen molar-refractivity contribution in [2.24, 2.45) is 0 Å². The summed E-state index contributed by atoms with van der Waals surface area (Å²) in [6.07, 6.45) is 0.0657. The second-order valence-corrected chi connectivity index (χ2v) is 6.42. The van der Waals surface area contributed by atoms with Crippen LogP contribution in [-0.2, 0) is 16.1 Å². The van der Waals surface area contributed by atoms with E-state index in [4.69, 9.17) is 9.47 Å². The fourth-order valence-electron chi connectivity index (χ4n) is 2.20. The van der Waals surface area contributed by atoms with E-state index in [1.54, 1.807) is 12.1 Å². The summed E-state index contributed by atoms with van der Waals surface area (Å²) in [5.41, 5.74) is 1.05. The van der Waals surface area contributed by atoms with Crippen molar-refractivity contribution in [2.75, 3.05) is 6.54 Å².